The summed E-state index contributed by atoms with van der Waals surface area (Å²) in [7, 11) is 0. The summed E-state index contributed by atoms with van der Waals surface area (Å²) in [5, 5.41) is 0. The molecule has 1 saturated heterocycles. The Hall–Kier alpha value is -2.46. The molecule has 0 unspecified atom stereocenters. The molecule has 3 heteroatoms. The third-order valence-corrected chi connectivity index (χ3v) is 5.94. The fourth-order valence-corrected chi connectivity index (χ4v) is 4.18. The van der Waals surface area contributed by atoms with E-state index in [1.54, 1.807) is 0 Å². The Labute approximate surface area is 195 Å². The summed E-state index contributed by atoms with van der Waals surface area (Å²) < 4.78 is 0. The predicted molar refractivity (Wildman–Crippen MR) is 137 cm³/mol. The second kappa shape index (κ2) is 13.8. The molecule has 3 aromatic rings. The van der Waals surface area contributed by atoms with E-state index in [-0.39, 0.29) is 0 Å². The van der Waals surface area contributed by atoms with Gasteiger partial charge < -0.3 is 0 Å². The van der Waals surface area contributed by atoms with E-state index in [1.807, 2.05) is 13.8 Å². The molecule has 0 spiro atoms. The van der Waals surface area contributed by atoms with Gasteiger partial charge in [0.2, 0.25) is 0 Å². The summed E-state index contributed by atoms with van der Waals surface area (Å²) in [6, 6.07) is 32.7. The zero-order valence-electron chi connectivity index (χ0n) is 19.9. The van der Waals surface area contributed by atoms with Crippen molar-refractivity contribution in [3.63, 3.8) is 0 Å². The minimum Gasteiger partial charge on any atom is -0.297 e. The second-order valence-corrected chi connectivity index (χ2v) is 8.29. The molecule has 1 heterocycles. The smallest absolute Gasteiger partial charge is 0.0234 e. The molecule has 3 nitrogen and oxygen atoms in total. The predicted octanol–water partition coefficient (Wildman–Crippen LogP) is 5.53. The molecule has 0 N–H and O–H groups in total. The van der Waals surface area contributed by atoms with Crippen LogP contribution in [0.4, 0.5) is 0 Å². The minimum atomic E-state index is 1.03. The van der Waals surface area contributed by atoms with E-state index in [2.05, 4.69) is 106 Å². The van der Waals surface area contributed by atoms with Crippen molar-refractivity contribution in [2.75, 3.05) is 39.3 Å². The monoisotopic (exact) mass is 429 g/mol. The van der Waals surface area contributed by atoms with Crippen molar-refractivity contribution in [3.8, 4) is 0 Å². The third-order valence-electron chi connectivity index (χ3n) is 5.94. The van der Waals surface area contributed by atoms with Crippen LogP contribution in [0.5, 0.6) is 0 Å². The van der Waals surface area contributed by atoms with Crippen LogP contribution in [-0.4, -0.2) is 54.0 Å². The van der Waals surface area contributed by atoms with Gasteiger partial charge in [0.05, 0.1) is 0 Å². The average Bonchev–Trinajstić information content (AvgIpc) is 2.94. The lowest BCUT2D eigenvalue weighted by Gasteiger charge is -2.26. The van der Waals surface area contributed by atoms with Crippen molar-refractivity contribution in [2.24, 2.45) is 0 Å². The number of benzene rings is 3. The Bertz CT molecular complexity index is 722. The highest BCUT2D eigenvalue weighted by molar-refractivity contribution is 5.16. The van der Waals surface area contributed by atoms with Gasteiger partial charge in [0.15, 0.2) is 0 Å². The van der Waals surface area contributed by atoms with Crippen LogP contribution >= 0.6 is 0 Å². The molecule has 170 valence electrons. The molecule has 0 aromatic heterocycles. The summed E-state index contributed by atoms with van der Waals surface area (Å²) in [5.41, 5.74) is 4.21. The Morgan fingerprint density at radius 3 is 0.844 bits per heavy atom. The molecular formula is C29H39N3. The van der Waals surface area contributed by atoms with Crippen molar-refractivity contribution in [3.05, 3.63) is 108 Å². The van der Waals surface area contributed by atoms with Crippen molar-refractivity contribution >= 4 is 0 Å². The van der Waals surface area contributed by atoms with Gasteiger partial charge in [0.25, 0.3) is 0 Å². The van der Waals surface area contributed by atoms with Gasteiger partial charge in [0.1, 0.15) is 0 Å². The molecule has 0 atom stereocenters. The van der Waals surface area contributed by atoms with Gasteiger partial charge in [-0.1, -0.05) is 105 Å². The first-order valence-corrected chi connectivity index (χ1v) is 12.1. The van der Waals surface area contributed by atoms with Crippen LogP contribution in [0.2, 0.25) is 0 Å². The van der Waals surface area contributed by atoms with Crippen LogP contribution in [0.3, 0.4) is 0 Å². The Balaban J connectivity index is 0.00000141. The molecule has 1 fully saturated rings. The largest absolute Gasteiger partial charge is 0.297 e. The molecule has 3 aromatic carbocycles. The van der Waals surface area contributed by atoms with Crippen molar-refractivity contribution in [2.45, 2.75) is 33.5 Å². The highest BCUT2D eigenvalue weighted by Gasteiger charge is 2.17. The lowest BCUT2D eigenvalue weighted by Crippen LogP contribution is -2.35. The lowest BCUT2D eigenvalue weighted by atomic mass is 10.2. The van der Waals surface area contributed by atoms with Crippen molar-refractivity contribution in [1.29, 1.82) is 0 Å². The summed E-state index contributed by atoms with van der Waals surface area (Å²) in [4.78, 5) is 7.86. The van der Waals surface area contributed by atoms with Crippen LogP contribution in [0, 0.1) is 0 Å². The molecule has 0 radical (unpaired) electrons. The summed E-state index contributed by atoms with van der Waals surface area (Å²) in [6.45, 7) is 13.8. The Morgan fingerprint density at radius 2 is 0.625 bits per heavy atom. The number of hydrogen-bond donors (Lipinski definition) is 0. The van der Waals surface area contributed by atoms with Gasteiger partial charge in [-0.15, -0.1) is 0 Å². The standard InChI is InChI=1S/C27H33N3.C2H6/c1-4-10-25(11-5-1)22-28-16-18-29(23-26-12-6-2-7-13-26)20-21-30(19-17-28)24-27-14-8-3-9-15-27;1-2/h1-15H,16-24H2;1-2H3. The van der Waals surface area contributed by atoms with Crippen LogP contribution in [0.1, 0.15) is 30.5 Å². The van der Waals surface area contributed by atoms with E-state index in [0.29, 0.717) is 0 Å². The van der Waals surface area contributed by atoms with Gasteiger partial charge in [-0.2, -0.15) is 0 Å². The quantitative estimate of drug-likeness (QED) is 0.510. The molecule has 1 aliphatic rings. The SMILES string of the molecule is CC.c1ccc(CN2CCN(Cc3ccccc3)CCN(Cc3ccccc3)CC2)cc1. The van der Waals surface area contributed by atoms with Gasteiger partial charge in [0, 0.05) is 58.9 Å². The highest BCUT2D eigenvalue weighted by atomic mass is 15.3. The third kappa shape index (κ3) is 8.23. The normalized spacial score (nSPS) is 16.3. The van der Waals surface area contributed by atoms with Gasteiger partial charge in [-0.25, -0.2) is 0 Å². The summed E-state index contributed by atoms with van der Waals surface area (Å²) in [6.07, 6.45) is 0. The van der Waals surface area contributed by atoms with Crippen LogP contribution < -0.4 is 0 Å². The number of rotatable bonds is 6. The first-order chi connectivity index (χ1) is 15.8. The van der Waals surface area contributed by atoms with Crippen molar-refractivity contribution < 1.29 is 0 Å². The minimum absolute atomic E-state index is 1.03. The van der Waals surface area contributed by atoms with E-state index >= 15 is 0 Å². The fraction of sp³-hybridized carbons (Fsp3) is 0.379. The van der Waals surface area contributed by atoms with E-state index in [9.17, 15) is 0 Å². The van der Waals surface area contributed by atoms with E-state index in [4.69, 9.17) is 0 Å². The number of hydrogen-bond acceptors (Lipinski definition) is 3. The van der Waals surface area contributed by atoms with Crippen LogP contribution in [-0.2, 0) is 19.6 Å². The van der Waals surface area contributed by atoms with E-state index in [0.717, 1.165) is 58.9 Å². The Morgan fingerprint density at radius 1 is 0.406 bits per heavy atom. The molecule has 0 aliphatic carbocycles. The van der Waals surface area contributed by atoms with Gasteiger partial charge in [-0.05, 0) is 16.7 Å². The zero-order chi connectivity index (χ0) is 22.4. The summed E-state index contributed by atoms with van der Waals surface area (Å²) in [5.74, 6) is 0. The van der Waals surface area contributed by atoms with Gasteiger partial charge in [-0.3, -0.25) is 14.7 Å². The molecule has 32 heavy (non-hydrogen) atoms. The Kier molecular flexibility index (Phi) is 10.5. The zero-order valence-corrected chi connectivity index (χ0v) is 19.9. The maximum atomic E-state index is 2.62. The first kappa shape index (κ1) is 24.2. The fourth-order valence-electron chi connectivity index (χ4n) is 4.18. The van der Waals surface area contributed by atoms with Crippen LogP contribution in [0.25, 0.3) is 0 Å². The summed E-state index contributed by atoms with van der Waals surface area (Å²) >= 11 is 0. The molecule has 4 rings (SSSR count). The molecular weight excluding hydrogens is 390 g/mol. The maximum Gasteiger partial charge on any atom is 0.0234 e. The van der Waals surface area contributed by atoms with Crippen LogP contribution in [0.15, 0.2) is 91.0 Å². The van der Waals surface area contributed by atoms with E-state index in [1.165, 1.54) is 16.7 Å². The van der Waals surface area contributed by atoms with Crippen molar-refractivity contribution in [1.82, 2.24) is 14.7 Å². The second-order valence-electron chi connectivity index (χ2n) is 8.29. The van der Waals surface area contributed by atoms with E-state index < -0.39 is 0 Å². The average molecular weight is 430 g/mol. The molecule has 1 aliphatic heterocycles. The maximum absolute atomic E-state index is 2.62. The molecule has 0 saturated carbocycles. The highest BCUT2D eigenvalue weighted by Crippen LogP contribution is 2.12. The number of nitrogens with zero attached hydrogens (tertiary/aromatic N) is 3. The lowest BCUT2D eigenvalue weighted by molar-refractivity contribution is 0.209. The molecule has 0 bridgehead atoms. The van der Waals surface area contributed by atoms with Gasteiger partial charge >= 0.3 is 0 Å². The molecule has 0 amide bonds. The first-order valence-electron chi connectivity index (χ1n) is 12.1. The topological polar surface area (TPSA) is 9.72 Å².